The number of rotatable bonds is 0. The van der Waals surface area contributed by atoms with E-state index in [-0.39, 0.29) is 16.6 Å². The van der Waals surface area contributed by atoms with E-state index in [9.17, 15) is 13.2 Å². The molecule has 0 radical (unpaired) electrons. The Bertz CT molecular complexity index is 502. The fourth-order valence-corrected chi connectivity index (χ4v) is 1.37. The van der Waals surface area contributed by atoms with Gasteiger partial charge in [0.15, 0.2) is 5.69 Å². The van der Waals surface area contributed by atoms with Crippen molar-refractivity contribution in [3.8, 4) is 0 Å². The minimum absolute atomic E-state index is 0.0347. The molecule has 0 aromatic carbocycles. The maximum atomic E-state index is 12.6. The minimum atomic E-state index is -4.48. The summed E-state index contributed by atoms with van der Waals surface area (Å²) in [5, 5.41) is -0.0347. The first-order chi connectivity index (χ1) is 7.00. The molecule has 2 heterocycles. The summed E-state index contributed by atoms with van der Waals surface area (Å²) in [5.41, 5.74) is -0.400. The molecule has 2 aromatic rings. The first-order valence-corrected chi connectivity index (χ1v) is 4.13. The van der Waals surface area contributed by atoms with Crippen LogP contribution in [0.3, 0.4) is 0 Å². The molecule has 2 aromatic heterocycles. The van der Waals surface area contributed by atoms with Gasteiger partial charge in [0.2, 0.25) is 0 Å². The van der Waals surface area contributed by atoms with Gasteiger partial charge in [-0.3, -0.25) is 4.98 Å². The Morgan fingerprint density at radius 2 is 1.87 bits per heavy atom. The second-order valence-corrected chi connectivity index (χ2v) is 3.01. The van der Waals surface area contributed by atoms with Crippen molar-refractivity contribution >= 4 is 10.9 Å². The predicted octanol–water partition coefficient (Wildman–Crippen LogP) is 2.35. The lowest BCUT2D eigenvalue weighted by atomic mass is 10.1. The Balaban J connectivity index is 2.86. The van der Waals surface area contributed by atoms with E-state index in [0.29, 0.717) is 0 Å². The molecule has 3 nitrogen and oxygen atoms in total. The van der Waals surface area contributed by atoms with E-state index in [0.717, 1.165) is 6.20 Å². The van der Waals surface area contributed by atoms with Gasteiger partial charge in [0.25, 0.3) is 0 Å². The Morgan fingerprint density at radius 3 is 2.53 bits per heavy atom. The number of aryl methyl sites for hydroxylation is 1. The lowest BCUT2D eigenvalue weighted by Gasteiger charge is -2.09. The molecular weight excluding hydrogens is 207 g/mol. The van der Waals surface area contributed by atoms with E-state index < -0.39 is 11.9 Å². The predicted molar refractivity (Wildman–Crippen MR) is 47.1 cm³/mol. The summed E-state index contributed by atoms with van der Waals surface area (Å²) in [6.45, 7) is 1.50. The van der Waals surface area contributed by atoms with Gasteiger partial charge < -0.3 is 0 Å². The number of alkyl halides is 3. The van der Waals surface area contributed by atoms with Gasteiger partial charge in [0, 0.05) is 6.20 Å². The van der Waals surface area contributed by atoms with Crippen molar-refractivity contribution in [1.82, 2.24) is 15.0 Å². The molecule has 0 saturated carbocycles. The molecule has 2 rings (SSSR count). The number of fused-ring (bicyclic) bond motifs is 1. The lowest BCUT2D eigenvalue weighted by Crippen LogP contribution is -2.10. The minimum Gasteiger partial charge on any atom is -0.251 e. The van der Waals surface area contributed by atoms with Crippen molar-refractivity contribution in [2.45, 2.75) is 13.1 Å². The van der Waals surface area contributed by atoms with Crippen molar-refractivity contribution in [3.05, 3.63) is 30.0 Å². The van der Waals surface area contributed by atoms with Crippen LogP contribution in [0.2, 0.25) is 0 Å². The number of hydrogen-bond donors (Lipinski definition) is 0. The normalized spacial score (nSPS) is 12.0. The summed E-state index contributed by atoms with van der Waals surface area (Å²) < 4.78 is 37.7. The molecule has 0 bridgehead atoms. The summed E-state index contributed by atoms with van der Waals surface area (Å²) in [6.07, 6.45) is -2.15. The molecule has 0 atom stereocenters. The highest BCUT2D eigenvalue weighted by Gasteiger charge is 2.35. The molecule has 0 spiro atoms. The number of nitrogens with zero attached hydrogens (tertiary/aromatic N) is 3. The van der Waals surface area contributed by atoms with Crippen LogP contribution >= 0.6 is 0 Å². The summed E-state index contributed by atoms with van der Waals surface area (Å²) in [6, 6.07) is 1.43. The highest BCUT2D eigenvalue weighted by atomic mass is 19.4. The lowest BCUT2D eigenvalue weighted by molar-refractivity contribution is -0.139. The number of pyridine rings is 1. The van der Waals surface area contributed by atoms with Gasteiger partial charge in [0.1, 0.15) is 6.33 Å². The Morgan fingerprint density at radius 1 is 1.13 bits per heavy atom. The quantitative estimate of drug-likeness (QED) is 0.674. The van der Waals surface area contributed by atoms with Crippen LogP contribution in [0.4, 0.5) is 13.2 Å². The van der Waals surface area contributed by atoms with Crippen LogP contribution < -0.4 is 0 Å². The molecule has 0 aliphatic heterocycles. The van der Waals surface area contributed by atoms with E-state index in [2.05, 4.69) is 15.0 Å². The van der Waals surface area contributed by atoms with Crippen LogP contribution in [-0.2, 0) is 6.18 Å². The highest BCUT2D eigenvalue weighted by Crippen LogP contribution is 2.33. The maximum Gasteiger partial charge on any atom is 0.434 e. The fourth-order valence-electron chi connectivity index (χ4n) is 1.37. The van der Waals surface area contributed by atoms with E-state index in [1.54, 1.807) is 0 Å². The third-order valence-electron chi connectivity index (χ3n) is 2.01. The Hall–Kier alpha value is -1.72. The van der Waals surface area contributed by atoms with Gasteiger partial charge in [-0.2, -0.15) is 13.2 Å². The van der Waals surface area contributed by atoms with E-state index in [1.165, 1.54) is 19.3 Å². The fraction of sp³-hybridized carbons (Fsp3) is 0.222. The third-order valence-corrected chi connectivity index (χ3v) is 2.01. The first-order valence-electron chi connectivity index (χ1n) is 4.13. The molecular formula is C9H6F3N3. The van der Waals surface area contributed by atoms with Gasteiger partial charge in [0.05, 0.1) is 16.6 Å². The maximum absolute atomic E-state index is 12.6. The van der Waals surface area contributed by atoms with Crippen LogP contribution in [0.1, 0.15) is 11.4 Å². The largest absolute Gasteiger partial charge is 0.434 e. The standard InChI is InChI=1S/C9H6F3N3/c1-5-7-6(15-4-14-5)2-3-13-8(7)9(10,11)12/h2-4H,1H3. The van der Waals surface area contributed by atoms with Crippen LogP contribution in [0.15, 0.2) is 18.6 Å². The van der Waals surface area contributed by atoms with Gasteiger partial charge in [-0.25, -0.2) is 9.97 Å². The smallest absolute Gasteiger partial charge is 0.251 e. The molecule has 0 N–H and O–H groups in total. The average Bonchev–Trinajstić information content (AvgIpc) is 2.16. The van der Waals surface area contributed by atoms with Crippen LogP contribution in [0, 0.1) is 6.92 Å². The van der Waals surface area contributed by atoms with E-state index >= 15 is 0 Å². The third kappa shape index (κ3) is 1.62. The van der Waals surface area contributed by atoms with Gasteiger partial charge in [-0.1, -0.05) is 0 Å². The van der Waals surface area contributed by atoms with Crippen molar-refractivity contribution in [2.75, 3.05) is 0 Å². The summed E-state index contributed by atoms with van der Waals surface area (Å²) >= 11 is 0. The molecule has 0 aliphatic rings. The molecule has 0 aliphatic carbocycles. The van der Waals surface area contributed by atoms with Crippen LogP contribution in [0.25, 0.3) is 10.9 Å². The van der Waals surface area contributed by atoms with Crippen molar-refractivity contribution in [1.29, 1.82) is 0 Å². The summed E-state index contributed by atoms with van der Waals surface area (Å²) in [7, 11) is 0. The monoisotopic (exact) mass is 213 g/mol. The van der Waals surface area contributed by atoms with Crippen LogP contribution in [0.5, 0.6) is 0 Å². The molecule has 6 heteroatoms. The van der Waals surface area contributed by atoms with Crippen molar-refractivity contribution in [2.24, 2.45) is 0 Å². The number of halogens is 3. The van der Waals surface area contributed by atoms with Gasteiger partial charge >= 0.3 is 6.18 Å². The van der Waals surface area contributed by atoms with Gasteiger partial charge in [-0.15, -0.1) is 0 Å². The number of hydrogen-bond acceptors (Lipinski definition) is 3. The van der Waals surface area contributed by atoms with Crippen LogP contribution in [-0.4, -0.2) is 15.0 Å². The van der Waals surface area contributed by atoms with Crippen molar-refractivity contribution < 1.29 is 13.2 Å². The average molecular weight is 213 g/mol. The topological polar surface area (TPSA) is 38.7 Å². The molecule has 0 unspecified atom stereocenters. The second kappa shape index (κ2) is 3.15. The zero-order valence-electron chi connectivity index (χ0n) is 7.71. The highest BCUT2D eigenvalue weighted by molar-refractivity contribution is 5.83. The first kappa shape index (κ1) is 9.82. The summed E-state index contributed by atoms with van der Waals surface area (Å²) in [5.74, 6) is 0. The Labute approximate surface area is 83.0 Å². The van der Waals surface area contributed by atoms with E-state index in [4.69, 9.17) is 0 Å². The Kier molecular flexibility index (Phi) is 2.06. The zero-order chi connectivity index (χ0) is 11.1. The van der Waals surface area contributed by atoms with E-state index in [1.807, 2.05) is 0 Å². The number of aromatic nitrogens is 3. The SMILES string of the molecule is Cc1ncnc2ccnc(C(F)(F)F)c12. The molecule has 0 fully saturated rings. The van der Waals surface area contributed by atoms with Crippen molar-refractivity contribution in [3.63, 3.8) is 0 Å². The molecule has 78 valence electrons. The molecule has 0 amide bonds. The van der Waals surface area contributed by atoms with Gasteiger partial charge in [-0.05, 0) is 13.0 Å². The zero-order valence-corrected chi connectivity index (χ0v) is 7.71. The second-order valence-electron chi connectivity index (χ2n) is 3.01. The molecule has 0 saturated heterocycles. The summed E-state index contributed by atoms with van der Waals surface area (Å²) in [4.78, 5) is 10.8. The molecule has 15 heavy (non-hydrogen) atoms.